The molecule has 1 saturated heterocycles. The Bertz CT molecular complexity index is 1300. The van der Waals surface area contributed by atoms with Crippen LogP contribution in [0, 0.1) is 11.8 Å². The fraction of sp³-hybridized carbons (Fsp3) is 0.174. The molecule has 162 valence electrons. The summed E-state index contributed by atoms with van der Waals surface area (Å²) in [6, 6.07) is 11.1. The van der Waals surface area contributed by atoms with Crippen LogP contribution in [0.4, 0.5) is 4.79 Å². The molecule has 2 heterocycles. The molecule has 1 aromatic heterocycles. The number of imide groups is 1. The average molecular weight is 432 g/mol. The lowest BCUT2D eigenvalue weighted by Gasteiger charge is -2.20. The molecule has 2 aromatic carbocycles. The van der Waals surface area contributed by atoms with E-state index in [9.17, 15) is 19.5 Å². The van der Waals surface area contributed by atoms with E-state index in [-0.39, 0.29) is 18.3 Å². The first-order chi connectivity index (χ1) is 15.3. The number of methoxy groups -OCH3 is 1. The van der Waals surface area contributed by atoms with Crippen LogP contribution in [0.25, 0.3) is 10.8 Å². The number of amides is 4. The number of aromatic hydroxyl groups is 1. The Hall–Kier alpha value is -4.45. The minimum Gasteiger partial charge on any atom is -0.497 e. The Labute approximate surface area is 183 Å². The van der Waals surface area contributed by atoms with Gasteiger partial charge in [0.05, 0.1) is 13.7 Å². The van der Waals surface area contributed by atoms with Crippen LogP contribution in [0.15, 0.2) is 48.7 Å². The standard InChI is InChI=1S/C23H20N4O5/c1-24-19(28)15-5-3-14(4-6-15)9-10-23(21(30)25-22(31)26-23)13-27-12-16-7-8-17(32-2)11-18(16)20(27)29/h3-8,11-12,29H,13H2,1-2H3,(H,24,28)(H2,25,26,30,31)/t23-/m1/s1. The monoisotopic (exact) mass is 432 g/mol. The van der Waals surface area contributed by atoms with Gasteiger partial charge >= 0.3 is 6.03 Å². The van der Waals surface area contributed by atoms with Gasteiger partial charge in [-0.3, -0.25) is 14.9 Å². The predicted octanol–water partition coefficient (Wildman–Crippen LogP) is 1.34. The van der Waals surface area contributed by atoms with E-state index >= 15 is 0 Å². The van der Waals surface area contributed by atoms with Gasteiger partial charge in [0.25, 0.3) is 11.8 Å². The van der Waals surface area contributed by atoms with Gasteiger partial charge in [0.15, 0.2) is 5.88 Å². The molecule has 32 heavy (non-hydrogen) atoms. The number of nitrogens with zero attached hydrogens (tertiary/aromatic N) is 1. The largest absolute Gasteiger partial charge is 0.497 e. The van der Waals surface area contributed by atoms with Crippen LogP contribution in [0.5, 0.6) is 11.6 Å². The third-order valence-corrected chi connectivity index (χ3v) is 5.21. The predicted molar refractivity (Wildman–Crippen MR) is 116 cm³/mol. The van der Waals surface area contributed by atoms with Crippen LogP contribution in [-0.4, -0.2) is 47.2 Å². The molecule has 4 amide bonds. The van der Waals surface area contributed by atoms with Crippen molar-refractivity contribution in [2.45, 2.75) is 12.1 Å². The van der Waals surface area contributed by atoms with Gasteiger partial charge < -0.3 is 25.0 Å². The Kier molecular flexibility index (Phi) is 5.20. The molecule has 4 N–H and O–H groups in total. The Morgan fingerprint density at radius 2 is 1.97 bits per heavy atom. The maximum absolute atomic E-state index is 12.7. The van der Waals surface area contributed by atoms with Crippen LogP contribution in [0.3, 0.4) is 0 Å². The van der Waals surface area contributed by atoms with Crippen molar-refractivity contribution < 1.29 is 24.2 Å². The van der Waals surface area contributed by atoms with Gasteiger partial charge in [0, 0.05) is 35.1 Å². The van der Waals surface area contributed by atoms with E-state index in [4.69, 9.17) is 4.74 Å². The maximum atomic E-state index is 12.7. The average Bonchev–Trinajstić information content (AvgIpc) is 3.26. The summed E-state index contributed by atoms with van der Waals surface area (Å²) in [5.74, 6) is 5.38. The van der Waals surface area contributed by atoms with E-state index in [2.05, 4.69) is 27.8 Å². The van der Waals surface area contributed by atoms with Crippen molar-refractivity contribution in [3.63, 3.8) is 0 Å². The van der Waals surface area contributed by atoms with Crippen LogP contribution < -0.4 is 20.7 Å². The first kappa shape index (κ1) is 20.8. The number of aromatic nitrogens is 1. The van der Waals surface area contributed by atoms with Gasteiger partial charge in [-0.05, 0) is 42.5 Å². The third kappa shape index (κ3) is 3.70. The number of hydrogen-bond acceptors (Lipinski definition) is 5. The smallest absolute Gasteiger partial charge is 0.323 e. The van der Waals surface area contributed by atoms with E-state index < -0.39 is 17.5 Å². The number of fused-ring (bicyclic) bond motifs is 1. The zero-order valence-electron chi connectivity index (χ0n) is 17.4. The molecule has 3 aromatic rings. The molecule has 1 fully saturated rings. The van der Waals surface area contributed by atoms with Crippen molar-refractivity contribution in [3.05, 3.63) is 59.8 Å². The quantitative estimate of drug-likeness (QED) is 0.366. The number of carbonyl (C=O) groups excluding carboxylic acids is 3. The lowest BCUT2D eigenvalue weighted by Crippen LogP contribution is -2.49. The number of benzene rings is 2. The summed E-state index contributed by atoms with van der Waals surface area (Å²) in [4.78, 5) is 36.3. The zero-order chi connectivity index (χ0) is 22.9. The zero-order valence-corrected chi connectivity index (χ0v) is 17.4. The minimum atomic E-state index is -1.59. The van der Waals surface area contributed by atoms with Gasteiger partial charge in [-0.1, -0.05) is 11.8 Å². The number of rotatable bonds is 4. The summed E-state index contributed by atoms with van der Waals surface area (Å²) in [6.07, 6.45) is 1.67. The molecule has 0 radical (unpaired) electrons. The van der Waals surface area contributed by atoms with Crippen molar-refractivity contribution in [2.24, 2.45) is 0 Å². The fourth-order valence-corrected chi connectivity index (χ4v) is 3.49. The molecule has 9 heteroatoms. The molecule has 0 saturated carbocycles. The van der Waals surface area contributed by atoms with Crippen molar-refractivity contribution in [3.8, 4) is 23.5 Å². The second-order valence-corrected chi connectivity index (χ2v) is 7.25. The second-order valence-electron chi connectivity index (χ2n) is 7.25. The molecule has 1 aliphatic heterocycles. The first-order valence-electron chi connectivity index (χ1n) is 9.70. The van der Waals surface area contributed by atoms with E-state index in [0.29, 0.717) is 22.3 Å². The fourth-order valence-electron chi connectivity index (χ4n) is 3.49. The van der Waals surface area contributed by atoms with Crippen LogP contribution in [0.2, 0.25) is 0 Å². The molecular weight excluding hydrogens is 412 g/mol. The van der Waals surface area contributed by atoms with E-state index in [0.717, 1.165) is 5.39 Å². The molecular formula is C23H20N4O5. The van der Waals surface area contributed by atoms with Crippen molar-refractivity contribution in [1.29, 1.82) is 0 Å². The highest BCUT2D eigenvalue weighted by Gasteiger charge is 2.46. The van der Waals surface area contributed by atoms with Crippen LogP contribution in [0.1, 0.15) is 15.9 Å². The highest BCUT2D eigenvalue weighted by Crippen LogP contribution is 2.32. The van der Waals surface area contributed by atoms with Gasteiger partial charge in [0.1, 0.15) is 5.75 Å². The lowest BCUT2D eigenvalue weighted by molar-refractivity contribution is -0.122. The highest BCUT2D eigenvalue weighted by atomic mass is 16.5. The van der Waals surface area contributed by atoms with Crippen molar-refractivity contribution in [2.75, 3.05) is 14.2 Å². The number of hydrogen-bond donors (Lipinski definition) is 4. The van der Waals surface area contributed by atoms with Crippen molar-refractivity contribution in [1.82, 2.24) is 20.5 Å². The van der Waals surface area contributed by atoms with Crippen LogP contribution >= 0.6 is 0 Å². The topological polar surface area (TPSA) is 122 Å². The molecule has 1 aliphatic rings. The van der Waals surface area contributed by atoms with Crippen molar-refractivity contribution >= 4 is 28.6 Å². The number of carbonyl (C=O) groups is 3. The number of nitrogens with one attached hydrogen (secondary N) is 3. The first-order valence-corrected chi connectivity index (χ1v) is 9.70. The van der Waals surface area contributed by atoms with E-state index in [1.165, 1.54) is 18.7 Å². The summed E-state index contributed by atoms with van der Waals surface area (Å²) >= 11 is 0. The Morgan fingerprint density at radius 1 is 1.22 bits per heavy atom. The summed E-state index contributed by atoms with van der Waals surface area (Å²) in [6.45, 7) is -0.114. The number of ether oxygens (including phenoxy) is 1. The number of urea groups is 1. The van der Waals surface area contributed by atoms with E-state index in [1.807, 2.05) is 0 Å². The summed E-state index contributed by atoms with van der Waals surface area (Å²) in [7, 11) is 3.07. The summed E-state index contributed by atoms with van der Waals surface area (Å²) in [5, 5.41) is 19.3. The minimum absolute atomic E-state index is 0.0797. The van der Waals surface area contributed by atoms with E-state index in [1.54, 1.807) is 48.7 Å². The molecule has 0 spiro atoms. The Balaban J connectivity index is 1.70. The molecule has 9 nitrogen and oxygen atoms in total. The van der Waals surface area contributed by atoms with Gasteiger partial charge in [0.2, 0.25) is 5.54 Å². The second kappa shape index (κ2) is 8.00. The normalized spacial score (nSPS) is 17.3. The van der Waals surface area contributed by atoms with Crippen LogP contribution in [-0.2, 0) is 11.3 Å². The molecule has 0 bridgehead atoms. The molecule has 1 atom stereocenters. The highest BCUT2D eigenvalue weighted by molar-refractivity contribution is 6.09. The summed E-state index contributed by atoms with van der Waals surface area (Å²) in [5.41, 5.74) is -0.565. The maximum Gasteiger partial charge on any atom is 0.323 e. The lowest BCUT2D eigenvalue weighted by atomic mass is 9.99. The SMILES string of the molecule is CNC(=O)c1ccc(C#C[C@]2(Cn3cc4ccc(OC)cc4c3O)NC(=O)NC2=O)cc1. The Morgan fingerprint density at radius 3 is 2.59 bits per heavy atom. The molecule has 0 unspecified atom stereocenters. The van der Waals surface area contributed by atoms with Gasteiger partial charge in [-0.25, -0.2) is 4.79 Å². The van der Waals surface area contributed by atoms with Gasteiger partial charge in [-0.2, -0.15) is 0 Å². The third-order valence-electron chi connectivity index (χ3n) is 5.21. The molecule has 4 rings (SSSR count). The van der Waals surface area contributed by atoms with Gasteiger partial charge in [-0.15, -0.1) is 0 Å². The summed E-state index contributed by atoms with van der Waals surface area (Å²) < 4.78 is 6.66. The molecule has 0 aliphatic carbocycles.